The summed E-state index contributed by atoms with van der Waals surface area (Å²) in [5.41, 5.74) is 11.0. The van der Waals surface area contributed by atoms with Crippen LogP contribution in [0.1, 0.15) is 22.3 Å². The lowest BCUT2D eigenvalue weighted by molar-refractivity contribution is 0.302. The Morgan fingerprint density at radius 1 is 1.05 bits per heavy atom. The topological polar surface area (TPSA) is 35.2 Å². The summed E-state index contributed by atoms with van der Waals surface area (Å²) in [5, 5.41) is 0.671. The van der Waals surface area contributed by atoms with Crippen LogP contribution >= 0.6 is 11.6 Å². The van der Waals surface area contributed by atoms with E-state index in [-0.39, 0.29) is 0 Å². The van der Waals surface area contributed by atoms with Gasteiger partial charge in [-0.3, -0.25) is 0 Å². The Kier molecular flexibility index (Phi) is 4.01. The van der Waals surface area contributed by atoms with Crippen LogP contribution in [0.2, 0.25) is 5.02 Å². The second-order valence-electron chi connectivity index (χ2n) is 4.86. The predicted octanol–water partition coefficient (Wildman–Crippen LogP) is 4.43. The average molecular weight is 276 g/mol. The second kappa shape index (κ2) is 5.54. The lowest BCUT2D eigenvalue weighted by Gasteiger charge is -2.14. The Hall–Kier alpha value is -1.67. The smallest absolute Gasteiger partial charge is 0.125 e. The molecule has 3 heteroatoms. The molecular weight excluding hydrogens is 258 g/mol. The number of halogens is 1. The predicted molar refractivity (Wildman–Crippen MR) is 80.8 cm³/mol. The van der Waals surface area contributed by atoms with Gasteiger partial charge in [0, 0.05) is 16.3 Å². The van der Waals surface area contributed by atoms with Crippen molar-refractivity contribution in [3.63, 3.8) is 0 Å². The maximum Gasteiger partial charge on any atom is 0.125 e. The van der Waals surface area contributed by atoms with Crippen LogP contribution in [0.25, 0.3) is 0 Å². The largest absolute Gasteiger partial charge is 0.488 e. The third-order valence-corrected chi connectivity index (χ3v) is 3.32. The molecule has 0 aliphatic carbocycles. The Labute approximate surface area is 119 Å². The van der Waals surface area contributed by atoms with Crippen LogP contribution in [0, 0.1) is 20.8 Å². The molecule has 2 aromatic rings. The number of anilines is 1. The molecule has 0 amide bonds. The Morgan fingerprint density at radius 3 is 2.32 bits per heavy atom. The van der Waals surface area contributed by atoms with Gasteiger partial charge < -0.3 is 10.5 Å². The van der Waals surface area contributed by atoms with Crippen LogP contribution in [-0.2, 0) is 6.61 Å². The summed E-state index contributed by atoms with van der Waals surface area (Å²) < 4.78 is 5.91. The van der Waals surface area contributed by atoms with E-state index in [0.717, 1.165) is 22.4 Å². The highest BCUT2D eigenvalue weighted by Crippen LogP contribution is 2.27. The molecule has 2 rings (SSSR count). The molecule has 0 saturated carbocycles. The minimum atomic E-state index is 0.428. The van der Waals surface area contributed by atoms with E-state index >= 15 is 0 Å². The van der Waals surface area contributed by atoms with Gasteiger partial charge in [0.05, 0.1) is 0 Å². The molecule has 0 aromatic heterocycles. The Balaban J connectivity index is 2.21. The van der Waals surface area contributed by atoms with E-state index in [0.29, 0.717) is 17.3 Å². The minimum absolute atomic E-state index is 0.428. The molecule has 2 nitrogen and oxygen atoms in total. The van der Waals surface area contributed by atoms with Crippen LogP contribution in [-0.4, -0.2) is 0 Å². The van der Waals surface area contributed by atoms with Crippen LogP contribution in [0.4, 0.5) is 5.69 Å². The number of ether oxygens (including phenoxy) is 1. The van der Waals surface area contributed by atoms with Crippen LogP contribution in [0.5, 0.6) is 5.75 Å². The molecule has 19 heavy (non-hydrogen) atoms. The average Bonchev–Trinajstić information content (AvgIpc) is 2.32. The van der Waals surface area contributed by atoms with E-state index in [1.807, 2.05) is 6.07 Å². The van der Waals surface area contributed by atoms with Crippen LogP contribution < -0.4 is 10.5 Å². The van der Waals surface area contributed by atoms with Crippen LogP contribution in [0.15, 0.2) is 30.3 Å². The molecule has 0 bridgehead atoms. The molecule has 0 aliphatic rings. The van der Waals surface area contributed by atoms with Gasteiger partial charge in [-0.2, -0.15) is 0 Å². The van der Waals surface area contributed by atoms with Gasteiger partial charge in [-0.1, -0.05) is 29.3 Å². The number of benzene rings is 2. The summed E-state index contributed by atoms with van der Waals surface area (Å²) >= 11 is 5.97. The summed E-state index contributed by atoms with van der Waals surface area (Å²) in [7, 11) is 0. The third-order valence-electron chi connectivity index (χ3n) is 3.08. The first-order valence-electron chi connectivity index (χ1n) is 6.22. The van der Waals surface area contributed by atoms with Gasteiger partial charge in [0.2, 0.25) is 0 Å². The van der Waals surface area contributed by atoms with Gasteiger partial charge in [-0.05, 0) is 50.1 Å². The maximum absolute atomic E-state index is 5.97. The van der Waals surface area contributed by atoms with Crippen LogP contribution in [0.3, 0.4) is 0 Å². The van der Waals surface area contributed by atoms with Gasteiger partial charge in [0.15, 0.2) is 0 Å². The highest BCUT2D eigenvalue weighted by molar-refractivity contribution is 6.30. The van der Waals surface area contributed by atoms with Gasteiger partial charge in [0.25, 0.3) is 0 Å². The Bertz CT molecular complexity index is 585. The number of hydrogen-bond acceptors (Lipinski definition) is 2. The summed E-state index contributed by atoms with van der Waals surface area (Å²) in [5.74, 6) is 0.921. The lowest BCUT2D eigenvalue weighted by atomic mass is 10.1. The fourth-order valence-corrected chi connectivity index (χ4v) is 2.44. The fourth-order valence-electron chi connectivity index (χ4n) is 2.24. The van der Waals surface area contributed by atoms with Crippen molar-refractivity contribution >= 4 is 17.3 Å². The second-order valence-corrected chi connectivity index (χ2v) is 5.30. The molecular formula is C16H18ClNO. The van der Waals surface area contributed by atoms with Crippen molar-refractivity contribution in [3.05, 3.63) is 57.6 Å². The van der Waals surface area contributed by atoms with Crippen molar-refractivity contribution in [1.82, 2.24) is 0 Å². The fraction of sp³-hybridized carbons (Fsp3) is 0.250. The first-order chi connectivity index (χ1) is 8.97. The van der Waals surface area contributed by atoms with E-state index in [2.05, 4.69) is 32.9 Å². The van der Waals surface area contributed by atoms with Gasteiger partial charge >= 0.3 is 0 Å². The molecule has 0 radical (unpaired) electrons. The molecule has 0 saturated heterocycles. The molecule has 0 heterocycles. The van der Waals surface area contributed by atoms with Gasteiger partial charge in [0.1, 0.15) is 12.4 Å². The quantitative estimate of drug-likeness (QED) is 0.841. The van der Waals surface area contributed by atoms with Gasteiger partial charge in [-0.25, -0.2) is 0 Å². The molecule has 100 valence electrons. The number of nitrogens with two attached hydrogens (primary N) is 1. The first kappa shape index (κ1) is 13.8. The standard InChI is InChI=1S/C16H18ClNO/c1-10-6-11(2)16(12(3)7-10)19-9-13-8-14(17)4-5-15(13)18/h4-8H,9,18H2,1-3H3. The van der Waals surface area contributed by atoms with Crippen molar-refractivity contribution in [2.45, 2.75) is 27.4 Å². The van der Waals surface area contributed by atoms with Crippen molar-refractivity contribution in [2.75, 3.05) is 5.73 Å². The molecule has 2 N–H and O–H groups in total. The summed E-state index contributed by atoms with van der Waals surface area (Å²) in [6.07, 6.45) is 0. The highest BCUT2D eigenvalue weighted by atomic mass is 35.5. The molecule has 0 spiro atoms. The van der Waals surface area contributed by atoms with E-state index < -0.39 is 0 Å². The lowest BCUT2D eigenvalue weighted by Crippen LogP contribution is -2.02. The van der Waals surface area contributed by atoms with Gasteiger partial charge in [-0.15, -0.1) is 0 Å². The third kappa shape index (κ3) is 3.21. The number of aryl methyl sites for hydroxylation is 3. The summed E-state index contributed by atoms with van der Waals surface area (Å²) in [6, 6.07) is 9.65. The highest BCUT2D eigenvalue weighted by Gasteiger charge is 2.07. The number of hydrogen-bond donors (Lipinski definition) is 1. The van der Waals surface area contributed by atoms with Crippen molar-refractivity contribution in [1.29, 1.82) is 0 Å². The zero-order valence-electron chi connectivity index (χ0n) is 11.5. The summed E-state index contributed by atoms with van der Waals surface area (Å²) in [4.78, 5) is 0. The van der Waals surface area contributed by atoms with E-state index in [1.54, 1.807) is 12.1 Å². The molecule has 0 fully saturated rings. The number of nitrogen functional groups attached to an aromatic ring is 1. The van der Waals surface area contributed by atoms with Crippen molar-refractivity contribution in [3.8, 4) is 5.75 Å². The van der Waals surface area contributed by atoms with Crippen molar-refractivity contribution in [2.24, 2.45) is 0 Å². The molecule has 2 aromatic carbocycles. The SMILES string of the molecule is Cc1cc(C)c(OCc2cc(Cl)ccc2N)c(C)c1. The first-order valence-corrected chi connectivity index (χ1v) is 6.59. The minimum Gasteiger partial charge on any atom is -0.488 e. The van der Waals surface area contributed by atoms with Crippen molar-refractivity contribution < 1.29 is 4.74 Å². The zero-order valence-corrected chi connectivity index (χ0v) is 12.2. The number of rotatable bonds is 3. The zero-order chi connectivity index (χ0) is 14.0. The molecule has 0 unspecified atom stereocenters. The molecule has 0 atom stereocenters. The maximum atomic E-state index is 5.97. The summed E-state index contributed by atoms with van der Waals surface area (Å²) in [6.45, 7) is 6.61. The van der Waals surface area contributed by atoms with E-state index in [9.17, 15) is 0 Å². The van der Waals surface area contributed by atoms with E-state index in [1.165, 1.54) is 5.56 Å². The monoisotopic (exact) mass is 275 g/mol. The Morgan fingerprint density at radius 2 is 1.68 bits per heavy atom. The van der Waals surface area contributed by atoms with E-state index in [4.69, 9.17) is 22.1 Å². The molecule has 0 aliphatic heterocycles. The normalized spacial score (nSPS) is 10.5.